The maximum atomic E-state index is 12.9. The van der Waals surface area contributed by atoms with Crippen LogP contribution >= 0.6 is 0 Å². The summed E-state index contributed by atoms with van der Waals surface area (Å²) < 4.78 is 0. The zero-order valence-corrected chi connectivity index (χ0v) is 14.6. The van der Waals surface area contributed by atoms with Gasteiger partial charge in [0, 0.05) is 32.4 Å². The number of hydrogen-bond acceptors (Lipinski definition) is 3. The minimum atomic E-state index is -0.295. The minimum absolute atomic E-state index is 0.0368. The molecule has 1 saturated heterocycles. The van der Waals surface area contributed by atoms with Crippen LogP contribution in [0.5, 0.6) is 0 Å². The molecule has 0 bridgehead atoms. The zero-order chi connectivity index (χ0) is 18.4. The van der Waals surface area contributed by atoms with Crippen LogP contribution in [0.3, 0.4) is 0 Å². The van der Waals surface area contributed by atoms with Gasteiger partial charge < -0.3 is 4.90 Å². The Morgan fingerprint density at radius 1 is 0.846 bits per heavy atom. The minimum Gasteiger partial charge on any atom is -0.334 e. The van der Waals surface area contributed by atoms with Gasteiger partial charge in [-0.15, -0.1) is 0 Å². The van der Waals surface area contributed by atoms with Crippen LogP contribution in [-0.4, -0.2) is 22.6 Å². The van der Waals surface area contributed by atoms with Gasteiger partial charge in [-0.3, -0.25) is 19.7 Å². The molecule has 0 unspecified atom stereocenters. The number of nitrogens with zero attached hydrogens (tertiary/aromatic N) is 1. The molecule has 0 saturated carbocycles. The Morgan fingerprint density at radius 3 is 1.77 bits per heavy atom. The van der Waals surface area contributed by atoms with Gasteiger partial charge in [-0.2, -0.15) is 0 Å². The number of carbonyl (C=O) groups excluding carboxylic acids is 3. The highest BCUT2D eigenvalue weighted by molar-refractivity contribution is 5.98. The Morgan fingerprint density at radius 2 is 1.31 bits per heavy atom. The number of benzene rings is 2. The lowest BCUT2D eigenvalue weighted by Crippen LogP contribution is -2.40. The zero-order valence-electron chi connectivity index (χ0n) is 14.6. The average Bonchev–Trinajstić information content (AvgIpc) is 2.62. The molecule has 0 spiro atoms. The number of piperidine rings is 1. The van der Waals surface area contributed by atoms with E-state index >= 15 is 0 Å². The highest BCUT2D eigenvalue weighted by atomic mass is 16.2. The second-order valence-corrected chi connectivity index (χ2v) is 6.67. The molecule has 1 fully saturated rings. The van der Waals surface area contributed by atoms with Gasteiger partial charge in [0.15, 0.2) is 0 Å². The Labute approximate surface area is 153 Å². The first kappa shape index (κ1) is 17.9. The molecule has 5 nitrogen and oxygen atoms in total. The van der Waals surface area contributed by atoms with Crippen LogP contribution in [0.1, 0.15) is 30.4 Å². The van der Waals surface area contributed by atoms with Crippen molar-refractivity contribution in [2.24, 2.45) is 5.92 Å². The van der Waals surface area contributed by atoms with Crippen molar-refractivity contribution in [3.05, 3.63) is 71.8 Å². The van der Waals surface area contributed by atoms with E-state index in [0.29, 0.717) is 13.1 Å². The first-order valence-electron chi connectivity index (χ1n) is 8.78. The van der Waals surface area contributed by atoms with Crippen LogP contribution in [0.15, 0.2) is 60.7 Å². The molecule has 134 valence electrons. The van der Waals surface area contributed by atoms with Gasteiger partial charge in [0.05, 0.1) is 0 Å². The Kier molecular flexibility index (Phi) is 5.79. The molecule has 0 aromatic heterocycles. The van der Waals surface area contributed by atoms with Crippen LogP contribution in [0.25, 0.3) is 0 Å². The molecular formula is C21H22N2O3. The van der Waals surface area contributed by atoms with Gasteiger partial charge >= 0.3 is 0 Å². The third kappa shape index (κ3) is 5.02. The summed E-state index contributed by atoms with van der Waals surface area (Å²) in [5.41, 5.74) is 2.10. The van der Waals surface area contributed by atoms with Crippen molar-refractivity contribution in [3.8, 4) is 0 Å². The number of carbonyl (C=O) groups is 3. The fourth-order valence-electron chi connectivity index (χ4n) is 3.21. The number of rotatable bonds is 6. The van der Waals surface area contributed by atoms with Crippen LogP contribution in [0, 0.1) is 5.92 Å². The van der Waals surface area contributed by atoms with E-state index in [1.807, 2.05) is 60.7 Å². The van der Waals surface area contributed by atoms with Crippen LogP contribution in [0.2, 0.25) is 0 Å². The predicted molar refractivity (Wildman–Crippen MR) is 97.6 cm³/mol. The highest BCUT2D eigenvalue weighted by Crippen LogP contribution is 2.20. The lowest BCUT2D eigenvalue weighted by molar-refractivity contribution is -0.137. The topological polar surface area (TPSA) is 66.5 Å². The molecule has 2 aromatic rings. The lowest BCUT2D eigenvalue weighted by atomic mass is 9.93. The smallest absolute Gasteiger partial charge is 0.226 e. The Bertz CT molecular complexity index is 717. The summed E-state index contributed by atoms with van der Waals surface area (Å²) in [5.74, 6) is -0.851. The van der Waals surface area contributed by atoms with Crippen molar-refractivity contribution in [1.29, 1.82) is 0 Å². The summed E-state index contributed by atoms with van der Waals surface area (Å²) in [7, 11) is 0. The molecule has 26 heavy (non-hydrogen) atoms. The number of imide groups is 1. The molecule has 3 rings (SSSR count). The fourth-order valence-corrected chi connectivity index (χ4v) is 3.21. The summed E-state index contributed by atoms with van der Waals surface area (Å²) >= 11 is 0. The van der Waals surface area contributed by atoms with E-state index in [9.17, 15) is 14.4 Å². The standard InChI is InChI=1S/C21H22N2O3/c24-19-11-18(12-20(25)22-19)13-21(26)23(14-16-7-3-1-4-8-16)15-17-9-5-2-6-10-17/h1-10,18H,11-15H2,(H,22,24,25). The van der Waals surface area contributed by atoms with Crippen molar-refractivity contribution in [1.82, 2.24) is 10.2 Å². The third-order valence-corrected chi connectivity index (χ3v) is 4.48. The molecule has 0 aliphatic carbocycles. The van der Waals surface area contributed by atoms with Crippen molar-refractivity contribution in [2.45, 2.75) is 32.4 Å². The molecule has 2 aromatic carbocycles. The molecule has 1 aliphatic heterocycles. The molecule has 5 heteroatoms. The van der Waals surface area contributed by atoms with Crippen molar-refractivity contribution in [3.63, 3.8) is 0 Å². The predicted octanol–water partition coefficient (Wildman–Crippen LogP) is 2.66. The maximum Gasteiger partial charge on any atom is 0.226 e. The first-order chi connectivity index (χ1) is 12.6. The van der Waals surface area contributed by atoms with Gasteiger partial charge in [0.2, 0.25) is 17.7 Å². The van der Waals surface area contributed by atoms with Crippen molar-refractivity contribution < 1.29 is 14.4 Å². The second-order valence-electron chi connectivity index (χ2n) is 6.67. The summed E-state index contributed by atoms with van der Waals surface area (Å²) in [6, 6.07) is 19.6. The van der Waals surface area contributed by atoms with E-state index in [1.54, 1.807) is 4.90 Å². The Hall–Kier alpha value is -2.95. The van der Waals surface area contributed by atoms with Gasteiger partial charge in [0.25, 0.3) is 0 Å². The summed E-state index contributed by atoms with van der Waals surface area (Å²) in [6.45, 7) is 1.00. The van der Waals surface area contributed by atoms with Crippen molar-refractivity contribution in [2.75, 3.05) is 0 Å². The molecule has 1 N–H and O–H groups in total. The largest absolute Gasteiger partial charge is 0.334 e. The quantitative estimate of drug-likeness (QED) is 0.815. The molecular weight excluding hydrogens is 328 g/mol. The summed E-state index contributed by atoms with van der Waals surface area (Å²) in [4.78, 5) is 37.8. The van der Waals surface area contributed by atoms with Gasteiger partial charge in [-0.1, -0.05) is 60.7 Å². The van der Waals surface area contributed by atoms with Crippen LogP contribution in [-0.2, 0) is 27.5 Å². The molecule has 0 radical (unpaired) electrons. The monoisotopic (exact) mass is 350 g/mol. The van der Waals surface area contributed by atoms with E-state index < -0.39 is 0 Å². The van der Waals surface area contributed by atoms with Gasteiger partial charge in [-0.05, 0) is 17.0 Å². The molecule has 0 atom stereocenters. The van der Waals surface area contributed by atoms with E-state index in [2.05, 4.69) is 5.32 Å². The number of nitrogens with one attached hydrogen (secondary N) is 1. The SMILES string of the molecule is O=C1CC(CC(=O)N(Cc2ccccc2)Cc2ccccc2)CC(=O)N1. The first-order valence-corrected chi connectivity index (χ1v) is 8.78. The molecule has 3 amide bonds. The molecule has 1 aliphatic rings. The second kappa shape index (κ2) is 8.43. The average molecular weight is 350 g/mol. The molecule has 1 heterocycles. The van der Waals surface area contributed by atoms with E-state index in [4.69, 9.17) is 0 Å². The lowest BCUT2D eigenvalue weighted by Gasteiger charge is -2.27. The fraction of sp³-hybridized carbons (Fsp3) is 0.286. The van der Waals surface area contributed by atoms with Crippen molar-refractivity contribution >= 4 is 17.7 Å². The summed E-state index contributed by atoms with van der Waals surface area (Å²) in [5, 5.41) is 2.29. The van der Waals surface area contributed by atoms with E-state index in [0.717, 1.165) is 11.1 Å². The Balaban J connectivity index is 1.72. The van der Waals surface area contributed by atoms with Gasteiger partial charge in [-0.25, -0.2) is 0 Å². The maximum absolute atomic E-state index is 12.9. The van der Waals surface area contributed by atoms with Gasteiger partial charge in [0.1, 0.15) is 0 Å². The number of amides is 3. The van der Waals surface area contributed by atoms with E-state index in [-0.39, 0.29) is 42.9 Å². The highest BCUT2D eigenvalue weighted by Gasteiger charge is 2.28. The third-order valence-electron chi connectivity index (χ3n) is 4.48. The normalized spacial score (nSPS) is 14.8. The number of hydrogen-bond donors (Lipinski definition) is 1. The van der Waals surface area contributed by atoms with Crippen LogP contribution < -0.4 is 5.32 Å². The van der Waals surface area contributed by atoms with Crippen LogP contribution in [0.4, 0.5) is 0 Å². The van der Waals surface area contributed by atoms with E-state index in [1.165, 1.54) is 0 Å². The summed E-state index contributed by atoms with van der Waals surface area (Å²) in [6.07, 6.45) is 0.656.